The Labute approximate surface area is 130 Å². The summed E-state index contributed by atoms with van der Waals surface area (Å²) in [6.07, 6.45) is 1.48. The first-order valence-electron chi connectivity index (χ1n) is 6.76. The van der Waals surface area contributed by atoms with Crippen LogP contribution in [0.4, 0.5) is 5.69 Å². The van der Waals surface area contributed by atoms with E-state index in [1.165, 1.54) is 13.3 Å². The van der Waals surface area contributed by atoms with Crippen LogP contribution in [0.5, 0.6) is 11.5 Å². The van der Waals surface area contributed by atoms with Crippen LogP contribution in [-0.2, 0) is 0 Å². The highest BCUT2D eigenvalue weighted by atomic mass is 16.5. The van der Waals surface area contributed by atoms with Gasteiger partial charge in [-0.1, -0.05) is 12.1 Å². The molecule has 0 saturated carbocycles. The second-order valence-electron chi connectivity index (χ2n) is 4.73. The summed E-state index contributed by atoms with van der Waals surface area (Å²) in [5, 5.41) is 13.1. The Morgan fingerprint density at radius 3 is 2.83 bits per heavy atom. The van der Waals surface area contributed by atoms with E-state index in [-0.39, 0.29) is 16.6 Å². The van der Waals surface area contributed by atoms with E-state index in [1.807, 2.05) is 0 Å². The third-order valence-corrected chi connectivity index (χ3v) is 3.34. The number of nitrogens with one attached hydrogen (secondary N) is 2. The molecule has 23 heavy (non-hydrogen) atoms. The Morgan fingerprint density at radius 2 is 2.04 bits per heavy atom. The molecule has 0 saturated heterocycles. The zero-order chi connectivity index (χ0) is 16.4. The van der Waals surface area contributed by atoms with Crippen molar-refractivity contribution in [1.82, 2.24) is 9.97 Å². The zero-order valence-corrected chi connectivity index (χ0v) is 12.2. The Bertz CT molecular complexity index is 949. The van der Waals surface area contributed by atoms with E-state index in [0.29, 0.717) is 11.4 Å². The van der Waals surface area contributed by atoms with Crippen LogP contribution >= 0.6 is 0 Å². The minimum absolute atomic E-state index is 0.212. The van der Waals surface area contributed by atoms with Gasteiger partial charge in [0.05, 0.1) is 18.2 Å². The number of anilines is 1. The van der Waals surface area contributed by atoms with Gasteiger partial charge < -0.3 is 20.1 Å². The van der Waals surface area contributed by atoms with Gasteiger partial charge in [-0.25, -0.2) is 4.98 Å². The average molecular weight is 311 g/mol. The van der Waals surface area contributed by atoms with Crippen LogP contribution in [0.2, 0.25) is 0 Å². The van der Waals surface area contributed by atoms with Gasteiger partial charge >= 0.3 is 0 Å². The summed E-state index contributed by atoms with van der Waals surface area (Å²) in [5.74, 6) is -0.706. The van der Waals surface area contributed by atoms with Crippen LogP contribution in [0.1, 0.15) is 10.4 Å². The lowest BCUT2D eigenvalue weighted by molar-refractivity contribution is 0.102. The number of pyridine rings is 2. The van der Waals surface area contributed by atoms with Crippen LogP contribution in [0.25, 0.3) is 11.0 Å². The molecule has 3 aromatic rings. The monoisotopic (exact) mass is 311 g/mol. The van der Waals surface area contributed by atoms with E-state index < -0.39 is 17.2 Å². The molecule has 0 atom stereocenters. The largest absolute Gasteiger partial charge is 0.506 e. The van der Waals surface area contributed by atoms with Gasteiger partial charge in [0.2, 0.25) is 0 Å². The van der Waals surface area contributed by atoms with E-state index in [2.05, 4.69) is 15.3 Å². The van der Waals surface area contributed by atoms with Crippen molar-refractivity contribution in [3.8, 4) is 11.5 Å². The fourth-order valence-corrected chi connectivity index (χ4v) is 2.25. The van der Waals surface area contributed by atoms with Gasteiger partial charge in [0.25, 0.3) is 11.5 Å². The normalized spacial score (nSPS) is 10.5. The van der Waals surface area contributed by atoms with Gasteiger partial charge in [-0.05, 0) is 24.3 Å². The molecule has 0 radical (unpaired) electrons. The Morgan fingerprint density at radius 1 is 1.26 bits per heavy atom. The van der Waals surface area contributed by atoms with Crippen molar-refractivity contribution in [3.05, 3.63) is 58.5 Å². The number of H-pyrrole nitrogens is 1. The molecule has 3 N–H and O–H groups in total. The number of carbonyl (C=O) groups is 1. The minimum Gasteiger partial charge on any atom is -0.506 e. The average Bonchev–Trinajstić information content (AvgIpc) is 2.55. The SMILES string of the molecule is COc1ccccc1NC(=O)c1c(O)c2cccnc2[nH]c1=O. The highest BCUT2D eigenvalue weighted by Crippen LogP contribution is 2.26. The maximum Gasteiger partial charge on any atom is 0.266 e. The molecule has 1 aromatic carbocycles. The lowest BCUT2D eigenvalue weighted by atomic mass is 10.1. The summed E-state index contributed by atoms with van der Waals surface area (Å²) in [6.45, 7) is 0. The molecular weight excluding hydrogens is 298 g/mol. The second kappa shape index (κ2) is 5.80. The third kappa shape index (κ3) is 2.59. The van der Waals surface area contributed by atoms with Crippen molar-refractivity contribution in [3.63, 3.8) is 0 Å². The number of aromatic hydroxyl groups is 1. The van der Waals surface area contributed by atoms with Crippen LogP contribution in [0, 0.1) is 0 Å². The molecule has 7 nitrogen and oxygen atoms in total. The van der Waals surface area contributed by atoms with Crippen molar-refractivity contribution in [2.45, 2.75) is 0 Å². The quantitative estimate of drug-likeness (QED) is 0.685. The molecule has 0 unspecified atom stereocenters. The van der Waals surface area contributed by atoms with Crippen LogP contribution < -0.4 is 15.6 Å². The second-order valence-corrected chi connectivity index (χ2v) is 4.73. The number of benzene rings is 1. The van der Waals surface area contributed by atoms with Gasteiger partial charge in [0, 0.05) is 6.20 Å². The molecule has 116 valence electrons. The highest BCUT2D eigenvalue weighted by molar-refractivity contribution is 6.09. The van der Waals surface area contributed by atoms with Gasteiger partial charge in [-0.2, -0.15) is 0 Å². The summed E-state index contributed by atoms with van der Waals surface area (Å²) >= 11 is 0. The third-order valence-electron chi connectivity index (χ3n) is 3.34. The van der Waals surface area contributed by atoms with Crippen LogP contribution in [0.15, 0.2) is 47.4 Å². The van der Waals surface area contributed by atoms with E-state index in [4.69, 9.17) is 4.74 Å². The molecule has 2 aromatic heterocycles. The van der Waals surface area contributed by atoms with E-state index in [1.54, 1.807) is 36.4 Å². The number of ether oxygens (including phenoxy) is 1. The number of rotatable bonds is 3. The Hall–Kier alpha value is -3.35. The molecule has 3 rings (SSSR count). The number of para-hydroxylation sites is 2. The van der Waals surface area contributed by atoms with Gasteiger partial charge in [-0.3, -0.25) is 9.59 Å². The molecule has 1 amide bonds. The topological polar surface area (TPSA) is 104 Å². The molecule has 7 heteroatoms. The molecular formula is C16H13N3O4. The number of aromatic nitrogens is 2. The highest BCUT2D eigenvalue weighted by Gasteiger charge is 2.20. The van der Waals surface area contributed by atoms with Crippen molar-refractivity contribution in [2.24, 2.45) is 0 Å². The summed E-state index contributed by atoms with van der Waals surface area (Å²) in [4.78, 5) is 30.9. The van der Waals surface area contributed by atoms with Gasteiger partial charge in [-0.15, -0.1) is 0 Å². The summed E-state index contributed by atoms with van der Waals surface area (Å²) in [6, 6.07) is 9.93. The first kappa shape index (κ1) is 14.6. The summed E-state index contributed by atoms with van der Waals surface area (Å²) < 4.78 is 5.14. The first-order valence-corrected chi connectivity index (χ1v) is 6.76. The van der Waals surface area contributed by atoms with Crippen molar-refractivity contribution < 1.29 is 14.6 Å². The van der Waals surface area contributed by atoms with Crippen molar-refractivity contribution in [2.75, 3.05) is 12.4 Å². The summed E-state index contributed by atoms with van der Waals surface area (Å²) in [5.41, 5.74) is -0.494. The number of carbonyl (C=O) groups excluding carboxylic acids is 1. The number of hydrogen-bond acceptors (Lipinski definition) is 5. The number of aromatic amines is 1. The molecule has 0 bridgehead atoms. The van der Waals surface area contributed by atoms with Crippen molar-refractivity contribution >= 4 is 22.6 Å². The molecule has 0 fully saturated rings. The minimum atomic E-state index is -0.737. The Balaban J connectivity index is 2.06. The van der Waals surface area contributed by atoms with Crippen LogP contribution in [0.3, 0.4) is 0 Å². The lowest BCUT2D eigenvalue weighted by Gasteiger charge is -2.10. The predicted octanol–water partition coefficient (Wildman–Crippen LogP) is 1.89. The number of amides is 1. The van der Waals surface area contributed by atoms with E-state index >= 15 is 0 Å². The van der Waals surface area contributed by atoms with Crippen LogP contribution in [-0.4, -0.2) is 28.1 Å². The number of methoxy groups -OCH3 is 1. The molecule has 0 aliphatic heterocycles. The molecule has 0 aliphatic rings. The van der Waals surface area contributed by atoms with E-state index in [0.717, 1.165) is 0 Å². The Kier molecular flexibility index (Phi) is 3.68. The van der Waals surface area contributed by atoms with E-state index in [9.17, 15) is 14.7 Å². The maximum atomic E-state index is 12.4. The van der Waals surface area contributed by atoms with Crippen molar-refractivity contribution in [1.29, 1.82) is 0 Å². The first-order chi connectivity index (χ1) is 11.1. The maximum absolute atomic E-state index is 12.4. The standard InChI is InChI=1S/C16H13N3O4/c1-23-11-7-3-2-6-10(11)18-15(21)12-13(20)9-5-4-8-17-14(9)19-16(12)22/h2-8H,1H3,(H,18,21)(H2,17,19,20,22). The summed E-state index contributed by atoms with van der Waals surface area (Å²) in [7, 11) is 1.47. The number of hydrogen-bond donors (Lipinski definition) is 3. The predicted molar refractivity (Wildman–Crippen MR) is 85.0 cm³/mol. The van der Waals surface area contributed by atoms with Gasteiger partial charge in [0.15, 0.2) is 0 Å². The zero-order valence-electron chi connectivity index (χ0n) is 12.2. The molecule has 0 aliphatic carbocycles. The number of nitrogens with zero attached hydrogens (tertiary/aromatic N) is 1. The molecule has 0 spiro atoms. The lowest BCUT2D eigenvalue weighted by Crippen LogP contribution is -2.23. The van der Waals surface area contributed by atoms with Gasteiger partial charge in [0.1, 0.15) is 22.7 Å². The fourth-order valence-electron chi connectivity index (χ4n) is 2.25. The smallest absolute Gasteiger partial charge is 0.266 e. The molecule has 2 heterocycles. The fraction of sp³-hybridized carbons (Fsp3) is 0.0625. The number of fused-ring (bicyclic) bond motifs is 1.